The number of unbranched alkanes of at least 4 members (excludes halogenated alkanes) is 1. The first kappa shape index (κ1) is 18.3. The molecule has 8 heteroatoms. The van der Waals surface area contributed by atoms with Crippen molar-refractivity contribution in [3.05, 3.63) is 0 Å². The molecule has 0 bridgehead atoms. The molecule has 0 aromatic rings. The summed E-state index contributed by atoms with van der Waals surface area (Å²) in [4.78, 5) is 11.2. The number of aliphatic hydroxyl groups is 3. The van der Waals surface area contributed by atoms with Crippen LogP contribution < -0.4 is 5.32 Å². The van der Waals surface area contributed by atoms with E-state index in [2.05, 4.69) is 5.32 Å². The first-order valence-corrected chi connectivity index (χ1v) is 7.01. The van der Waals surface area contributed by atoms with Gasteiger partial charge in [-0.1, -0.05) is 0 Å². The van der Waals surface area contributed by atoms with Crippen molar-refractivity contribution in [2.45, 2.75) is 50.4 Å². The van der Waals surface area contributed by atoms with Crippen molar-refractivity contribution in [3.8, 4) is 0 Å². The van der Waals surface area contributed by atoms with Crippen LogP contribution in [0.4, 0.5) is 0 Å². The van der Waals surface area contributed by atoms with Gasteiger partial charge in [0.25, 0.3) is 0 Å². The summed E-state index contributed by atoms with van der Waals surface area (Å²) in [5.41, 5.74) is 0. The number of carbonyl (C=O) groups is 1. The largest absolute Gasteiger partial charge is 0.394 e. The van der Waals surface area contributed by atoms with Crippen LogP contribution in [0.15, 0.2) is 0 Å². The third kappa shape index (κ3) is 5.50. The Morgan fingerprint density at radius 2 is 1.90 bits per heavy atom. The Labute approximate surface area is 124 Å². The number of ether oxygens (including phenoxy) is 3. The molecule has 21 heavy (non-hydrogen) atoms. The second-order valence-electron chi connectivity index (χ2n) is 5.00. The zero-order valence-electron chi connectivity index (χ0n) is 12.4. The van der Waals surface area contributed by atoms with Gasteiger partial charge >= 0.3 is 0 Å². The maximum Gasteiger partial charge on any atom is 0.217 e. The summed E-state index contributed by atoms with van der Waals surface area (Å²) in [6, 6.07) is -0.886. The summed E-state index contributed by atoms with van der Waals surface area (Å²) in [5.74, 6) is -0.370. The van der Waals surface area contributed by atoms with Gasteiger partial charge < -0.3 is 34.8 Å². The summed E-state index contributed by atoms with van der Waals surface area (Å²) in [6.07, 6.45) is -2.91. The van der Waals surface area contributed by atoms with E-state index in [1.54, 1.807) is 7.11 Å². The third-order valence-electron chi connectivity index (χ3n) is 3.28. The Balaban J connectivity index is 2.58. The van der Waals surface area contributed by atoms with E-state index in [1.807, 2.05) is 0 Å². The molecule has 4 N–H and O–H groups in total. The van der Waals surface area contributed by atoms with Gasteiger partial charge in [0.2, 0.25) is 5.91 Å². The van der Waals surface area contributed by atoms with Crippen molar-refractivity contribution in [1.82, 2.24) is 5.32 Å². The molecule has 0 spiro atoms. The highest BCUT2D eigenvalue weighted by molar-refractivity contribution is 5.73. The second-order valence-corrected chi connectivity index (χ2v) is 5.00. The highest BCUT2D eigenvalue weighted by atomic mass is 16.7. The molecule has 1 aliphatic heterocycles. The molecule has 8 nitrogen and oxygen atoms in total. The molecular formula is C13H25NO7. The lowest BCUT2D eigenvalue weighted by molar-refractivity contribution is -0.270. The van der Waals surface area contributed by atoms with E-state index < -0.39 is 37.3 Å². The molecule has 1 rings (SSSR count). The zero-order valence-corrected chi connectivity index (χ0v) is 12.4. The van der Waals surface area contributed by atoms with Crippen LogP contribution in [0.1, 0.15) is 19.8 Å². The number of methoxy groups -OCH3 is 1. The van der Waals surface area contributed by atoms with Gasteiger partial charge in [-0.15, -0.1) is 0 Å². The van der Waals surface area contributed by atoms with E-state index in [-0.39, 0.29) is 5.91 Å². The van der Waals surface area contributed by atoms with Crippen molar-refractivity contribution in [3.63, 3.8) is 0 Å². The molecule has 2 unspecified atom stereocenters. The molecule has 0 aromatic heterocycles. The lowest BCUT2D eigenvalue weighted by Gasteiger charge is -2.42. The highest BCUT2D eigenvalue weighted by Gasteiger charge is 2.45. The van der Waals surface area contributed by atoms with Crippen molar-refractivity contribution in [2.75, 3.05) is 26.9 Å². The Hall–Kier alpha value is -0.770. The molecule has 1 saturated heterocycles. The summed E-state index contributed by atoms with van der Waals surface area (Å²) < 4.78 is 15.9. The lowest BCUT2D eigenvalue weighted by atomic mass is 9.97. The van der Waals surface area contributed by atoms with E-state index in [0.717, 1.165) is 12.8 Å². The monoisotopic (exact) mass is 307 g/mol. The molecule has 1 aliphatic rings. The van der Waals surface area contributed by atoms with Crippen LogP contribution in [0.3, 0.4) is 0 Å². The molecular weight excluding hydrogens is 282 g/mol. The number of amides is 1. The van der Waals surface area contributed by atoms with Crippen LogP contribution in [-0.4, -0.2) is 78.8 Å². The minimum atomic E-state index is -1.29. The van der Waals surface area contributed by atoms with Gasteiger partial charge in [-0.2, -0.15) is 0 Å². The highest BCUT2D eigenvalue weighted by Crippen LogP contribution is 2.22. The van der Waals surface area contributed by atoms with E-state index in [0.29, 0.717) is 13.2 Å². The average Bonchev–Trinajstić information content (AvgIpc) is 2.45. The first-order valence-electron chi connectivity index (χ1n) is 7.01. The molecule has 1 heterocycles. The molecule has 0 saturated carbocycles. The van der Waals surface area contributed by atoms with Crippen molar-refractivity contribution in [2.24, 2.45) is 0 Å². The summed E-state index contributed by atoms with van der Waals surface area (Å²) in [5, 5.41) is 31.5. The molecule has 0 aliphatic carbocycles. The van der Waals surface area contributed by atoms with Crippen LogP contribution in [0.5, 0.6) is 0 Å². The average molecular weight is 307 g/mol. The molecule has 0 aromatic carbocycles. The number of carbonyl (C=O) groups excluding carboxylic acids is 1. The minimum Gasteiger partial charge on any atom is -0.394 e. The van der Waals surface area contributed by atoms with Gasteiger partial charge in [0.15, 0.2) is 6.29 Å². The van der Waals surface area contributed by atoms with Gasteiger partial charge in [0.05, 0.1) is 6.61 Å². The van der Waals surface area contributed by atoms with Gasteiger partial charge in [0, 0.05) is 27.2 Å². The van der Waals surface area contributed by atoms with E-state index in [4.69, 9.17) is 19.3 Å². The number of rotatable bonds is 8. The van der Waals surface area contributed by atoms with Gasteiger partial charge in [-0.3, -0.25) is 4.79 Å². The predicted molar refractivity (Wildman–Crippen MR) is 72.4 cm³/mol. The fraction of sp³-hybridized carbons (Fsp3) is 0.923. The molecule has 0 radical (unpaired) electrons. The smallest absolute Gasteiger partial charge is 0.217 e. The molecule has 124 valence electrons. The lowest BCUT2D eigenvalue weighted by Crippen LogP contribution is -2.64. The third-order valence-corrected chi connectivity index (χ3v) is 3.28. The van der Waals surface area contributed by atoms with Crippen LogP contribution in [0.25, 0.3) is 0 Å². The van der Waals surface area contributed by atoms with Crippen LogP contribution in [0, 0.1) is 0 Å². The van der Waals surface area contributed by atoms with Crippen LogP contribution >= 0.6 is 0 Å². The quantitative estimate of drug-likeness (QED) is 0.398. The Morgan fingerprint density at radius 1 is 1.24 bits per heavy atom. The summed E-state index contributed by atoms with van der Waals surface area (Å²) >= 11 is 0. The van der Waals surface area contributed by atoms with E-state index >= 15 is 0 Å². The number of hydrogen-bond acceptors (Lipinski definition) is 7. The molecule has 1 amide bonds. The Kier molecular flexibility index (Phi) is 8.09. The van der Waals surface area contributed by atoms with Crippen LogP contribution in [-0.2, 0) is 19.0 Å². The standard InChI is InChI=1S/C13H25NO7/c1-8(16)14-10-12(18)11(17)9(7-15)21-13(10)20-6-4-3-5-19-2/h9-13,15,17-18H,3-7H2,1-2H3,(H,14,16)/t9?,10-,11-,12?,13+/m0/s1. The zero-order chi connectivity index (χ0) is 15.8. The fourth-order valence-corrected chi connectivity index (χ4v) is 2.16. The normalized spacial score (nSPS) is 32.9. The molecule has 1 fully saturated rings. The predicted octanol–water partition coefficient (Wildman–Crippen LogP) is -1.63. The second kappa shape index (κ2) is 9.29. The minimum absolute atomic E-state index is 0.352. The van der Waals surface area contributed by atoms with Crippen LogP contribution in [0.2, 0.25) is 0 Å². The van der Waals surface area contributed by atoms with Crippen molar-refractivity contribution >= 4 is 5.91 Å². The van der Waals surface area contributed by atoms with E-state index in [9.17, 15) is 15.0 Å². The van der Waals surface area contributed by atoms with E-state index in [1.165, 1.54) is 6.92 Å². The maximum atomic E-state index is 11.2. The maximum absolute atomic E-state index is 11.2. The Morgan fingerprint density at radius 3 is 2.48 bits per heavy atom. The summed E-state index contributed by atoms with van der Waals surface area (Å²) in [7, 11) is 1.61. The Bertz CT molecular complexity index is 315. The number of nitrogens with one attached hydrogen (secondary N) is 1. The topological polar surface area (TPSA) is 117 Å². The fourth-order valence-electron chi connectivity index (χ4n) is 2.16. The van der Waals surface area contributed by atoms with Gasteiger partial charge in [-0.05, 0) is 12.8 Å². The van der Waals surface area contributed by atoms with Crippen molar-refractivity contribution in [1.29, 1.82) is 0 Å². The van der Waals surface area contributed by atoms with Gasteiger partial charge in [0.1, 0.15) is 24.4 Å². The first-order chi connectivity index (χ1) is 10.0. The SMILES string of the molecule is COCCCCO[C@@H]1OC(CO)[C@H](O)C(O)[C@@H]1NC(C)=O. The molecule has 5 atom stereocenters. The number of hydrogen-bond donors (Lipinski definition) is 4. The van der Waals surface area contributed by atoms with Gasteiger partial charge in [-0.25, -0.2) is 0 Å². The summed E-state index contributed by atoms with van der Waals surface area (Å²) in [6.45, 7) is 1.82. The van der Waals surface area contributed by atoms with Crippen molar-refractivity contribution < 1.29 is 34.3 Å². The number of aliphatic hydroxyl groups excluding tert-OH is 3.